The van der Waals surface area contributed by atoms with Crippen molar-refractivity contribution in [2.75, 3.05) is 25.0 Å². The molecule has 1 aromatic carbocycles. The predicted molar refractivity (Wildman–Crippen MR) is 83.6 cm³/mol. The molecule has 0 spiro atoms. The van der Waals surface area contributed by atoms with E-state index in [0.717, 1.165) is 42.6 Å². The molecule has 2 rings (SSSR count). The Balaban J connectivity index is 2.16. The molecule has 1 N–H and O–H groups in total. The normalized spacial score (nSPS) is 22.6. The summed E-state index contributed by atoms with van der Waals surface area (Å²) in [4.78, 5) is 2.22. The zero-order valence-corrected chi connectivity index (χ0v) is 13.1. The Morgan fingerprint density at radius 1 is 1.45 bits per heavy atom. The maximum Gasteiger partial charge on any atom is 0.130 e. The molecule has 3 unspecified atom stereocenters. The van der Waals surface area contributed by atoms with Gasteiger partial charge in [0.15, 0.2) is 0 Å². The number of rotatable bonds is 7. The summed E-state index contributed by atoms with van der Waals surface area (Å²) in [7, 11) is 2.08. The van der Waals surface area contributed by atoms with Gasteiger partial charge in [0.2, 0.25) is 0 Å². The molecule has 3 heteroatoms. The number of nitrogens with one attached hydrogen (secondary N) is 1. The quantitative estimate of drug-likeness (QED) is 0.811. The highest BCUT2D eigenvalue weighted by Crippen LogP contribution is 2.39. The van der Waals surface area contributed by atoms with Crippen molar-refractivity contribution < 1.29 is 4.39 Å². The number of anilines is 1. The van der Waals surface area contributed by atoms with Crippen LogP contribution in [-0.2, 0) is 0 Å². The second-order valence-corrected chi connectivity index (χ2v) is 6.20. The van der Waals surface area contributed by atoms with Crippen molar-refractivity contribution in [2.45, 2.75) is 39.7 Å². The summed E-state index contributed by atoms with van der Waals surface area (Å²) in [6.07, 6.45) is 2.36. The van der Waals surface area contributed by atoms with E-state index in [-0.39, 0.29) is 11.9 Å². The maximum atomic E-state index is 14.3. The summed E-state index contributed by atoms with van der Waals surface area (Å²) >= 11 is 0. The Labute approximate surface area is 122 Å². The van der Waals surface area contributed by atoms with Gasteiger partial charge in [-0.25, -0.2) is 4.39 Å². The molecule has 0 amide bonds. The molecule has 20 heavy (non-hydrogen) atoms. The first-order chi connectivity index (χ1) is 9.54. The monoisotopic (exact) mass is 278 g/mol. The van der Waals surface area contributed by atoms with Crippen molar-refractivity contribution in [2.24, 2.45) is 11.8 Å². The van der Waals surface area contributed by atoms with Crippen molar-refractivity contribution in [3.05, 3.63) is 29.6 Å². The van der Waals surface area contributed by atoms with Crippen LogP contribution >= 0.6 is 0 Å². The second kappa shape index (κ2) is 6.57. The Morgan fingerprint density at radius 3 is 2.75 bits per heavy atom. The van der Waals surface area contributed by atoms with E-state index >= 15 is 0 Å². The minimum Gasteiger partial charge on any atom is -0.374 e. The summed E-state index contributed by atoms with van der Waals surface area (Å²) in [5.74, 6) is 1.49. The van der Waals surface area contributed by atoms with Crippen LogP contribution in [0.25, 0.3) is 0 Å². The first-order valence-corrected chi connectivity index (χ1v) is 7.77. The van der Waals surface area contributed by atoms with Crippen LogP contribution in [-0.4, -0.2) is 20.1 Å². The average Bonchev–Trinajstić information content (AvgIpc) is 3.10. The van der Waals surface area contributed by atoms with E-state index in [4.69, 9.17) is 0 Å². The van der Waals surface area contributed by atoms with Gasteiger partial charge in [0.1, 0.15) is 5.82 Å². The molecule has 0 saturated heterocycles. The van der Waals surface area contributed by atoms with Gasteiger partial charge >= 0.3 is 0 Å². The highest BCUT2D eigenvalue weighted by atomic mass is 19.1. The molecule has 112 valence electrons. The van der Waals surface area contributed by atoms with Crippen molar-refractivity contribution in [3.63, 3.8) is 0 Å². The molecule has 1 aliphatic rings. The molecule has 0 aliphatic heterocycles. The van der Waals surface area contributed by atoms with Crippen LogP contribution in [0, 0.1) is 17.7 Å². The van der Waals surface area contributed by atoms with Gasteiger partial charge in [-0.05, 0) is 50.3 Å². The third kappa shape index (κ3) is 3.51. The van der Waals surface area contributed by atoms with Crippen LogP contribution in [0.1, 0.15) is 45.2 Å². The molecule has 0 radical (unpaired) electrons. The zero-order chi connectivity index (χ0) is 14.7. The zero-order valence-electron chi connectivity index (χ0n) is 13.1. The van der Waals surface area contributed by atoms with Gasteiger partial charge in [-0.15, -0.1) is 0 Å². The van der Waals surface area contributed by atoms with Gasteiger partial charge in [-0.1, -0.05) is 19.9 Å². The highest BCUT2D eigenvalue weighted by molar-refractivity contribution is 5.55. The third-order valence-electron chi connectivity index (χ3n) is 4.36. The van der Waals surface area contributed by atoms with E-state index in [0.29, 0.717) is 0 Å². The standard InChI is InChI=1S/C17H27FN2/c1-5-9-19-13(3)17-15(18)7-6-8-16(17)20(4)11-14-10-12(14)2/h6-8,12-14,19H,5,9-11H2,1-4H3. The van der Waals surface area contributed by atoms with Crippen LogP contribution in [0.3, 0.4) is 0 Å². The van der Waals surface area contributed by atoms with Crippen molar-refractivity contribution >= 4 is 5.69 Å². The molecule has 1 aliphatic carbocycles. The average molecular weight is 278 g/mol. The van der Waals surface area contributed by atoms with Gasteiger partial charge in [0, 0.05) is 30.9 Å². The van der Waals surface area contributed by atoms with Gasteiger partial charge in [0.25, 0.3) is 0 Å². The van der Waals surface area contributed by atoms with Crippen molar-refractivity contribution in [1.29, 1.82) is 0 Å². The van der Waals surface area contributed by atoms with E-state index in [2.05, 4.69) is 31.1 Å². The first-order valence-electron chi connectivity index (χ1n) is 7.77. The van der Waals surface area contributed by atoms with Crippen LogP contribution in [0.5, 0.6) is 0 Å². The highest BCUT2D eigenvalue weighted by Gasteiger charge is 2.33. The largest absolute Gasteiger partial charge is 0.374 e. The lowest BCUT2D eigenvalue weighted by Gasteiger charge is -2.26. The Kier molecular flexibility index (Phi) is 5.03. The lowest BCUT2D eigenvalue weighted by atomic mass is 10.0. The van der Waals surface area contributed by atoms with Gasteiger partial charge < -0.3 is 10.2 Å². The minimum absolute atomic E-state index is 0.0465. The number of nitrogens with zero attached hydrogens (tertiary/aromatic N) is 1. The maximum absolute atomic E-state index is 14.3. The summed E-state index contributed by atoms with van der Waals surface area (Å²) in [5, 5.41) is 3.40. The third-order valence-corrected chi connectivity index (χ3v) is 4.36. The first kappa shape index (κ1) is 15.3. The summed E-state index contributed by atoms with van der Waals surface area (Å²) in [5.41, 5.74) is 1.83. The number of hydrogen-bond acceptors (Lipinski definition) is 2. The van der Waals surface area contributed by atoms with E-state index in [9.17, 15) is 4.39 Å². The van der Waals surface area contributed by atoms with E-state index in [1.165, 1.54) is 6.42 Å². The van der Waals surface area contributed by atoms with Crippen LogP contribution in [0.2, 0.25) is 0 Å². The van der Waals surface area contributed by atoms with Crippen LogP contribution in [0.15, 0.2) is 18.2 Å². The minimum atomic E-state index is -0.103. The molecule has 1 saturated carbocycles. The van der Waals surface area contributed by atoms with Crippen LogP contribution < -0.4 is 10.2 Å². The van der Waals surface area contributed by atoms with E-state index in [1.54, 1.807) is 6.07 Å². The second-order valence-electron chi connectivity index (χ2n) is 6.20. The summed E-state index contributed by atoms with van der Waals surface area (Å²) in [6, 6.07) is 5.46. The molecule has 0 aromatic heterocycles. The predicted octanol–water partition coefficient (Wildman–Crippen LogP) is 3.98. The molecule has 2 nitrogen and oxygen atoms in total. The number of hydrogen-bond donors (Lipinski definition) is 1. The van der Waals surface area contributed by atoms with Crippen LogP contribution in [0.4, 0.5) is 10.1 Å². The van der Waals surface area contributed by atoms with Gasteiger partial charge in [-0.3, -0.25) is 0 Å². The molecule has 1 aromatic rings. The Bertz CT molecular complexity index is 447. The smallest absolute Gasteiger partial charge is 0.130 e. The summed E-state index contributed by atoms with van der Waals surface area (Å²) < 4.78 is 14.3. The Hall–Kier alpha value is -1.09. The molecular formula is C17H27FN2. The lowest BCUT2D eigenvalue weighted by Crippen LogP contribution is -2.26. The van der Waals surface area contributed by atoms with Crippen molar-refractivity contribution in [1.82, 2.24) is 5.32 Å². The topological polar surface area (TPSA) is 15.3 Å². The fourth-order valence-electron chi connectivity index (χ4n) is 2.85. The molecule has 3 atom stereocenters. The molecular weight excluding hydrogens is 251 g/mol. The fourth-order valence-corrected chi connectivity index (χ4v) is 2.85. The van der Waals surface area contributed by atoms with E-state index in [1.807, 2.05) is 19.1 Å². The molecule has 0 heterocycles. The molecule has 1 fully saturated rings. The number of benzene rings is 1. The van der Waals surface area contributed by atoms with E-state index < -0.39 is 0 Å². The SMILES string of the molecule is CCCNC(C)c1c(F)cccc1N(C)CC1CC1C. The Morgan fingerprint density at radius 2 is 2.15 bits per heavy atom. The lowest BCUT2D eigenvalue weighted by molar-refractivity contribution is 0.526. The molecule has 0 bridgehead atoms. The fraction of sp³-hybridized carbons (Fsp3) is 0.647. The summed E-state index contributed by atoms with van der Waals surface area (Å²) in [6.45, 7) is 8.40. The van der Waals surface area contributed by atoms with Gasteiger partial charge in [0.05, 0.1) is 0 Å². The van der Waals surface area contributed by atoms with Crippen molar-refractivity contribution in [3.8, 4) is 0 Å². The van der Waals surface area contributed by atoms with Gasteiger partial charge in [-0.2, -0.15) is 0 Å². The number of halogens is 1.